The first-order valence-electron chi connectivity index (χ1n) is 12.2. The summed E-state index contributed by atoms with van der Waals surface area (Å²) in [5.41, 5.74) is 7.95. The monoisotopic (exact) mass is 472 g/mol. The summed E-state index contributed by atoms with van der Waals surface area (Å²) in [6.07, 6.45) is 14.5. The van der Waals surface area contributed by atoms with Crippen LogP contribution in [0.2, 0.25) is 0 Å². The van der Waals surface area contributed by atoms with Crippen molar-refractivity contribution in [1.29, 1.82) is 5.41 Å². The number of aromatic nitrogens is 3. The van der Waals surface area contributed by atoms with E-state index in [4.69, 9.17) is 20.7 Å². The minimum atomic E-state index is -0.0978. The summed E-state index contributed by atoms with van der Waals surface area (Å²) >= 11 is 0. The highest BCUT2D eigenvalue weighted by Gasteiger charge is 2.32. The molecular weight excluding hydrogens is 436 g/mol. The van der Waals surface area contributed by atoms with Gasteiger partial charge in [0, 0.05) is 35.8 Å². The third-order valence-electron chi connectivity index (χ3n) is 6.57. The maximum Gasteiger partial charge on any atom is 0.249 e. The molecule has 1 unspecified atom stereocenters. The zero-order chi connectivity index (χ0) is 22.3. The molecule has 3 N–H and O–H groups in total. The zero-order valence-electron chi connectivity index (χ0n) is 19.6. The van der Waals surface area contributed by atoms with Crippen LogP contribution in [0.4, 0.5) is 0 Å². The number of para-hydroxylation sites is 1. The van der Waals surface area contributed by atoms with E-state index >= 15 is 0 Å². The molecule has 1 aliphatic rings. The molecule has 1 aromatic carbocycles. The average Bonchev–Trinajstić information content (AvgIpc) is 3.53. The molecule has 7 nitrogen and oxygen atoms in total. The summed E-state index contributed by atoms with van der Waals surface area (Å²) < 4.78 is 7.96. The Bertz CT molecular complexity index is 1030. The molecule has 180 valence electrons. The van der Waals surface area contributed by atoms with Crippen molar-refractivity contribution in [1.82, 2.24) is 19.6 Å². The number of halogens is 1. The van der Waals surface area contributed by atoms with Gasteiger partial charge in [0.25, 0.3) is 0 Å². The fourth-order valence-corrected chi connectivity index (χ4v) is 4.82. The van der Waals surface area contributed by atoms with Gasteiger partial charge in [0.05, 0.1) is 0 Å². The van der Waals surface area contributed by atoms with Gasteiger partial charge < -0.3 is 19.7 Å². The Kier molecular flexibility index (Phi) is 9.18. The fourth-order valence-electron chi connectivity index (χ4n) is 4.82. The number of hydrogen-bond acceptors (Lipinski definition) is 4. The topological polar surface area (TPSA) is 97.0 Å². The quantitative estimate of drug-likeness (QED) is 0.194. The van der Waals surface area contributed by atoms with E-state index in [1.165, 1.54) is 56.9 Å². The predicted molar refractivity (Wildman–Crippen MR) is 136 cm³/mol. The van der Waals surface area contributed by atoms with Gasteiger partial charge in [0.15, 0.2) is 5.96 Å². The fraction of sp³-hybridized carbons (Fsp3) is 0.560. The Hall–Kier alpha value is -2.54. The number of nitrogens with two attached hydrogens (primary N) is 1. The maximum absolute atomic E-state index is 7.80. The van der Waals surface area contributed by atoms with Gasteiger partial charge in [-0.25, -0.2) is 0 Å². The predicted octanol–water partition coefficient (Wildman–Crippen LogP) is 6.28. The van der Waals surface area contributed by atoms with E-state index in [9.17, 15) is 0 Å². The Balaban J connectivity index is 0.00000306. The van der Waals surface area contributed by atoms with Crippen molar-refractivity contribution in [3.8, 4) is 11.4 Å². The lowest BCUT2D eigenvalue weighted by molar-refractivity contribution is 0.283. The third-order valence-corrected chi connectivity index (χ3v) is 6.57. The Morgan fingerprint density at radius 2 is 1.85 bits per heavy atom. The van der Waals surface area contributed by atoms with Crippen LogP contribution in [0.25, 0.3) is 22.3 Å². The minimum absolute atomic E-state index is 0. The van der Waals surface area contributed by atoms with Crippen molar-refractivity contribution >= 4 is 29.3 Å². The second kappa shape index (κ2) is 12.1. The van der Waals surface area contributed by atoms with Crippen LogP contribution in [0, 0.1) is 5.41 Å². The van der Waals surface area contributed by atoms with Crippen molar-refractivity contribution in [3.63, 3.8) is 0 Å². The molecule has 0 saturated carbocycles. The molecule has 1 aliphatic heterocycles. The smallest absolute Gasteiger partial charge is 0.249 e. The highest BCUT2D eigenvalue weighted by Crippen LogP contribution is 2.34. The lowest BCUT2D eigenvalue weighted by Gasteiger charge is -2.21. The summed E-state index contributed by atoms with van der Waals surface area (Å²) in [4.78, 5) is 6.55. The van der Waals surface area contributed by atoms with Crippen LogP contribution in [-0.2, 0) is 6.54 Å². The Morgan fingerprint density at radius 1 is 1.12 bits per heavy atom. The van der Waals surface area contributed by atoms with Gasteiger partial charge in [-0.3, -0.25) is 5.41 Å². The highest BCUT2D eigenvalue weighted by molar-refractivity contribution is 5.94. The number of hydrogen-bond donors (Lipinski definition) is 2. The molecule has 0 spiro atoms. The van der Waals surface area contributed by atoms with Crippen LogP contribution < -0.4 is 5.73 Å². The normalized spacial score (nSPS) is 15.8. The van der Waals surface area contributed by atoms with Crippen molar-refractivity contribution in [3.05, 3.63) is 36.4 Å². The van der Waals surface area contributed by atoms with E-state index in [1.54, 1.807) is 0 Å². The van der Waals surface area contributed by atoms with Crippen LogP contribution in [0.3, 0.4) is 0 Å². The van der Waals surface area contributed by atoms with Crippen LogP contribution >= 0.6 is 12.4 Å². The molecular formula is C25H37ClN6O. The molecule has 2 aromatic heterocycles. The molecule has 3 heterocycles. The molecule has 4 rings (SSSR count). The maximum atomic E-state index is 7.80. The van der Waals surface area contributed by atoms with E-state index in [1.807, 2.05) is 4.90 Å². The second-order valence-corrected chi connectivity index (χ2v) is 8.92. The highest BCUT2D eigenvalue weighted by atomic mass is 35.5. The number of guanidine groups is 1. The Morgan fingerprint density at radius 3 is 2.61 bits per heavy atom. The molecule has 0 aliphatic carbocycles. The standard InChI is InChI=1S/C25H36N6O.ClH/c1-2-3-4-5-6-7-8-11-16-30-18-20(19-13-9-10-14-21(19)30)23-28-24(32-29-23)22-15-12-17-31(22)25(26)27;/h9-10,13-14,18,22H,2-8,11-12,15-17H2,1H3,(H3,26,27);1H. The molecule has 0 amide bonds. The molecule has 1 atom stereocenters. The van der Waals surface area contributed by atoms with E-state index in [0.717, 1.165) is 36.9 Å². The van der Waals surface area contributed by atoms with Crippen molar-refractivity contribution in [2.75, 3.05) is 6.54 Å². The number of nitrogens with one attached hydrogen (secondary N) is 1. The summed E-state index contributed by atoms with van der Waals surface area (Å²) in [6.45, 7) is 4.02. The molecule has 0 bridgehead atoms. The van der Waals surface area contributed by atoms with Crippen LogP contribution in [0.5, 0.6) is 0 Å². The molecule has 0 radical (unpaired) electrons. The van der Waals surface area contributed by atoms with E-state index in [0.29, 0.717) is 11.7 Å². The lowest BCUT2D eigenvalue weighted by atomic mass is 10.1. The molecule has 1 fully saturated rings. The Labute approximate surface area is 202 Å². The van der Waals surface area contributed by atoms with Gasteiger partial charge in [-0.1, -0.05) is 75.2 Å². The average molecular weight is 473 g/mol. The van der Waals surface area contributed by atoms with E-state index in [-0.39, 0.29) is 24.4 Å². The number of benzene rings is 1. The number of fused-ring (bicyclic) bond motifs is 1. The van der Waals surface area contributed by atoms with Gasteiger partial charge in [-0.15, -0.1) is 12.4 Å². The largest absolute Gasteiger partial charge is 0.370 e. The molecule has 3 aromatic rings. The third kappa shape index (κ3) is 5.88. The molecule has 1 saturated heterocycles. The van der Waals surface area contributed by atoms with E-state index in [2.05, 4.69) is 47.1 Å². The summed E-state index contributed by atoms with van der Waals surface area (Å²) in [6, 6.07) is 8.34. The number of rotatable bonds is 11. The number of aryl methyl sites for hydroxylation is 1. The zero-order valence-corrected chi connectivity index (χ0v) is 20.4. The number of nitrogens with zero attached hydrogens (tertiary/aromatic N) is 4. The number of likely N-dealkylation sites (tertiary alicyclic amines) is 1. The first-order chi connectivity index (χ1) is 15.7. The van der Waals surface area contributed by atoms with Crippen molar-refractivity contribution in [2.24, 2.45) is 5.73 Å². The second-order valence-electron chi connectivity index (χ2n) is 8.92. The van der Waals surface area contributed by atoms with Gasteiger partial charge in [0.1, 0.15) is 6.04 Å². The molecule has 8 heteroatoms. The number of unbranched alkanes of at least 4 members (excludes halogenated alkanes) is 7. The van der Waals surface area contributed by atoms with Gasteiger partial charge >= 0.3 is 0 Å². The lowest BCUT2D eigenvalue weighted by Crippen LogP contribution is -2.35. The molecule has 33 heavy (non-hydrogen) atoms. The SMILES string of the molecule is CCCCCCCCCCn1cc(-c2noc(C3CCCN3C(=N)N)n2)c2ccccc21.Cl. The van der Waals surface area contributed by atoms with Crippen LogP contribution in [0.15, 0.2) is 35.0 Å². The first-order valence-corrected chi connectivity index (χ1v) is 12.2. The van der Waals surface area contributed by atoms with Gasteiger partial charge in [-0.2, -0.15) is 4.98 Å². The minimum Gasteiger partial charge on any atom is -0.370 e. The first kappa shape index (κ1) is 25.1. The van der Waals surface area contributed by atoms with E-state index < -0.39 is 0 Å². The van der Waals surface area contributed by atoms with Gasteiger partial charge in [-0.05, 0) is 25.3 Å². The van der Waals surface area contributed by atoms with Crippen LogP contribution in [-0.4, -0.2) is 32.1 Å². The van der Waals surface area contributed by atoms with Gasteiger partial charge in [0.2, 0.25) is 11.7 Å². The summed E-state index contributed by atoms with van der Waals surface area (Å²) in [5, 5.41) is 13.2. The van der Waals surface area contributed by atoms with Crippen molar-refractivity contribution in [2.45, 2.75) is 83.7 Å². The summed E-state index contributed by atoms with van der Waals surface area (Å²) in [5.74, 6) is 1.23. The summed E-state index contributed by atoms with van der Waals surface area (Å²) in [7, 11) is 0. The van der Waals surface area contributed by atoms with Crippen molar-refractivity contribution < 1.29 is 4.52 Å². The van der Waals surface area contributed by atoms with Crippen LogP contribution in [0.1, 0.15) is 83.1 Å².